The molecule has 0 aliphatic rings. The summed E-state index contributed by atoms with van der Waals surface area (Å²) < 4.78 is 0.793. The van der Waals surface area contributed by atoms with E-state index in [0.717, 1.165) is 10.3 Å². The van der Waals surface area contributed by atoms with Gasteiger partial charge in [0.2, 0.25) is 0 Å². The summed E-state index contributed by atoms with van der Waals surface area (Å²) in [6, 6.07) is 11.4. The quantitative estimate of drug-likeness (QED) is 0.349. The summed E-state index contributed by atoms with van der Waals surface area (Å²) in [5.41, 5.74) is 1.53. The molecule has 0 radical (unpaired) electrons. The monoisotopic (exact) mass is 230 g/mol. The molecule has 1 heterocycles. The van der Waals surface area contributed by atoms with Crippen molar-refractivity contribution in [2.45, 2.75) is 6.42 Å². The largest absolute Gasteiger partial charge is 0.618 e. The third-order valence-electron chi connectivity index (χ3n) is 2.44. The molecule has 86 valence electrons. The Kier molecular flexibility index (Phi) is 3.00. The van der Waals surface area contributed by atoms with Gasteiger partial charge in [-0.25, -0.2) is 0 Å². The van der Waals surface area contributed by atoms with Gasteiger partial charge < -0.3 is 5.21 Å². The molecule has 0 unspecified atom stereocenters. The number of pyridine rings is 1. The molecule has 2 aromatic rings. The Labute approximate surface area is 97.7 Å². The number of non-ortho nitro benzene ring substituents is 1. The highest BCUT2D eigenvalue weighted by Gasteiger charge is 2.07. The van der Waals surface area contributed by atoms with Crippen LogP contribution in [0.25, 0.3) is 0 Å². The Morgan fingerprint density at radius 2 is 1.82 bits per heavy atom. The second kappa shape index (κ2) is 4.61. The number of benzene rings is 1. The van der Waals surface area contributed by atoms with Crippen LogP contribution in [0.2, 0.25) is 0 Å². The average Bonchev–Trinajstić information content (AvgIpc) is 2.33. The van der Waals surface area contributed by atoms with Crippen LogP contribution in [-0.2, 0) is 6.42 Å². The minimum Gasteiger partial charge on any atom is -0.618 e. The van der Waals surface area contributed by atoms with E-state index in [9.17, 15) is 15.3 Å². The van der Waals surface area contributed by atoms with Gasteiger partial charge in [0.05, 0.1) is 11.3 Å². The van der Waals surface area contributed by atoms with Crippen molar-refractivity contribution >= 4 is 5.69 Å². The first-order valence-electron chi connectivity index (χ1n) is 5.07. The first-order valence-corrected chi connectivity index (χ1v) is 5.07. The molecule has 0 saturated heterocycles. The van der Waals surface area contributed by atoms with E-state index in [1.165, 1.54) is 18.3 Å². The maximum atomic E-state index is 11.4. The van der Waals surface area contributed by atoms with Crippen LogP contribution in [0.15, 0.2) is 48.7 Å². The number of aromatic nitrogens is 1. The van der Waals surface area contributed by atoms with Crippen LogP contribution in [-0.4, -0.2) is 4.92 Å². The molecule has 1 aromatic heterocycles. The van der Waals surface area contributed by atoms with Crippen molar-refractivity contribution in [3.8, 4) is 0 Å². The van der Waals surface area contributed by atoms with Gasteiger partial charge in [-0.2, -0.15) is 4.73 Å². The maximum absolute atomic E-state index is 11.4. The molecule has 0 amide bonds. The molecular weight excluding hydrogens is 220 g/mol. The summed E-state index contributed by atoms with van der Waals surface area (Å²) in [6.45, 7) is 0. The van der Waals surface area contributed by atoms with E-state index in [0.29, 0.717) is 12.1 Å². The highest BCUT2D eigenvalue weighted by Crippen LogP contribution is 2.13. The molecule has 5 nitrogen and oxygen atoms in total. The van der Waals surface area contributed by atoms with Crippen molar-refractivity contribution in [3.05, 3.63) is 75.2 Å². The lowest BCUT2D eigenvalue weighted by atomic mass is 10.1. The Hall–Kier alpha value is -2.43. The minimum absolute atomic E-state index is 0.0526. The standard InChI is InChI=1S/C12H10N2O3/c15-13-8-2-1-3-12(13)9-10-4-6-11(7-5-10)14(16)17/h1-8H,9H2. The van der Waals surface area contributed by atoms with Gasteiger partial charge in [0, 0.05) is 24.3 Å². The van der Waals surface area contributed by atoms with Gasteiger partial charge in [-0.05, 0) is 5.56 Å². The van der Waals surface area contributed by atoms with E-state index < -0.39 is 4.92 Å². The van der Waals surface area contributed by atoms with Crippen LogP contribution < -0.4 is 4.73 Å². The van der Waals surface area contributed by atoms with Crippen LogP contribution in [0, 0.1) is 15.3 Å². The first kappa shape index (κ1) is 11.1. The van der Waals surface area contributed by atoms with E-state index in [1.807, 2.05) is 0 Å². The smallest absolute Gasteiger partial charge is 0.269 e. The number of hydrogen-bond acceptors (Lipinski definition) is 3. The van der Waals surface area contributed by atoms with Crippen LogP contribution in [0.1, 0.15) is 11.3 Å². The van der Waals surface area contributed by atoms with Crippen molar-refractivity contribution < 1.29 is 9.65 Å². The number of nitrogens with zero attached hydrogens (tertiary/aromatic N) is 2. The summed E-state index contributed by atoms with van der Waals surface area (Å²) in [5.74, 6) is 0. The molecule has 0 atom stereocenters. The third-order valence-corrected chi connectivity index (χ3v) is 2.44. The second-order valence-corrected chi connectivity index (χ2v) is 3.62. The molecule has 0 N–H and O–H groups in total. The lowest BCUT2D eigenvalue weighted by Gasteiger charge is -2.03. The maximum Gasteiger partial charge on any atom is 0.269 e. The first-order chi connectivity index (χ1) is 8.16. The van der Waals surface area contributed by atoms with Crippen LogP contribution in [0.5, 0.6) is 0 Å². The normalized spacial score (nSPS) is 10.1. The Morgan fingerprint density at radius 1 is 1.12 bits per heavy atom. The van der Waals surface area contributed by atoms with Gasteiger partial charge in [-0.1, -0.05) is 18.2 Å². The Morgan fingerprint density at radius 3 is 2.41 bits per heavy atom. The van der Waals surface area contributed by atoms with E-state index >= 15 is 0 Å². The Balaban J connectivity index is 2.20. The molecule has 0 aliphatic heterocycles. The molecular formula is C12H10N2O3. The summed E-state index contributed by atoms with van der Waals surface area (Å²) in [5, 5.41) is 21.9. The average molecular weight is 230 g/mol. The molecule has 2 rings (SSSR count). The van der Waals surface area contributed by atoms with E-state index in [1.54, 1.807) is 30.3 Å². The predicted octanol–water partition coefficient (Wildman–Crippen LogP) is 1.82. The third kappa shape index (κ3) is 2.57. The molecule has 17 heavy (non-hydrogen) atoms. The summed E-state index contributed by atoms with van der Waals surface area (Å²) in [4.78, 5) is 10.0. The number of hydrogen-bond donors (Lipinski definition) is 0. The number of nitro benzene ring substituents is 1. The lowest BCUT2D eigenvalue weighted by Crippen LogP contribution is -2.30. The molecule has 0 aliphatic carbocycles. The van der Waals surface area contributed by atoms with E-state index in [4.69, 9.17) is 0 Å². The zero-order valence-corrected chi connectivity index (χ0v) is 8.95. The molecule has 0 fully saturated rings. The van der Waals surface area contributed by atoms with Crippen molar-refractivity contribution in [1.82, 2.24) is 0 Å². The molecule has 0 bridgehead atoms. The highest BCUT2D eigenvalue weighted by atomic mass is 16.6. The van der Waals surface area contributed by atoms with Gasteiger partial charge in [0.15, 0.2) is 11.9 Å². The summed E-state index contributed by atoms with van der Waals surface area (Å²) in [7, 11) is 0. The van der Waals surface area contributed by atoms with Gasteiger partial charge >= 0.3 is 0 Å². The fourth-order valence-electron chi connectivity index (χ4n) is 1.55. The summed E-state index contributed by atoms with van der Waals surface area (Å²) >= 11 is 0. The van der Waals surface area contributed by atoms with Crippen molar-refractivity contribution in [3.63, 3.8) is 0 Å². The number of nitro groups is 1. The van der Waals surface area contributed by atoms with E-state index in [-0.39, 0.29) is 5.69 Å². The van der Waals surface area contributed by atoms with E-state index in [2.05, 4.69) is 0 Å². The van der Waals surface area contributed by atoms with Crippen LogP contribution in [0.4, 0.5) is 5.69 Å². The minimum atomic E-state index is -0.444. The highest BCUT2D eigenvalue weighted by molar-refractivity contribution is 5.34. The zero-order chi connectivity index (χ0) is 12.3. The SMILES string of the molecule is O=[N+]([O-])c1ccc(Cc2cccc[n+]2[O-])cc1. The molecule has 0 spiro atoms. The predicted molar refractivity (Wildman–Crippen MR) is 61.3 cm³/mol. The molecule has 1 aromatic carbocycles. The van der Waals surface area contributed by atoms with Gasteiger partial charge in [-0.3, -0.25) is 10.1 Å². The van der Waals surface area contributed by atoms with Crippen LogP contribution in [0.3, 0.4) is 0 Å². The molecule has 0 saturated carbocycles. The van der Waals surface area contributed by atoms with Crippen molar-refractivity contribution in [2.24, 2.45) is 0 Å². The van der Waals surface area contributed by atoms with Gasteiger partial charge in [0.25, 0.3) is 5.69 Å². The summed E-state index contributed by atoms with van der Waals surface area (Å²) in [6.07, 6.45) is 1.89. The zero-order valence-electron chi connectivity index (χ0n) is 8.95. The fraction of sp³-hybridized carbons (Fsp3) is 0.0833. The lowest BCUT2D eigenvalue weighted by molar-refractivity contribution is -0.613. The topological polar surface area (TPSA) is 70.1 Å². The fourth-order valence-corrected chi connectivity index (χ4v) is 1.55. The Bertz CT molecular complexity index is 538. The number of rotatable bonds is 3. The van der Waals surface area contributed by atoms with Gasteiger partial charge in [-0.15, -0.1) is 0 Å². The van der Waals surface area contributed by atoms with Gasteiger partial charge in [0.1, 0.15) is 0 Å². The molecule has 5 heteroatoms. The second-order valence-electron chi connectivity index (χ2n) is 3.62. The van der Waals surface area contributed by atoms with Crippen molar-refractivity contribution in [2.75, 3.05) is 0 Å². The van der Waals surface area contributed by atoms with Crippen molar-refractivity contribution in [1.29, 1.82) is 0 Å². The van der Waals surface area contributed by atoms with Crippen LogP contribution >= 0.6 is 0 Å².